The van der Waals surface area contributed by atoms with Crippen molar-refractivity contribution in [2.45, 2.75) is 64.5 Å². The first-order valence-corrected chi connectivity index (χ1v) is 22.1. The van der Waals surface area contributed by atoms with E-state index in [4.69, 9.17) is 33.9 Å². The molecule has 0 aliphatic carbocycles. The van der Waals surface area contributed by atoms with E-state index in [-0.39, 0.29) is 66.5 Å². The van der Waals surface area contributed by atoms with E-state index in [0.717, 1.165) is 30.0 Å². The highest BCUT2D eigenvalue weighted by molar-refractivity contribution is 7.80. The van der Waals surface area contributed by atoms with E-state index in [0.29, 0.717) is 83.7 Å². The van der Waals surface area contributed by atoms with Crippen molar-refractivity contribution in [3.8, 4) is 22.6 Å². The zero-order valence-electron chi connectivity index (χ0n) is 35.7. The lowest BCUT2D eigenvalue weighted by molar-refractivity contribution is 0.0960. The molecule has 2 aliphatic heterocycles. The number of thiocarbonyl (C=S) groups is 2. The lowest BCUT2D eigenvalue weighted by atomic mass is 10.0. The quantitative estimate of drug-likeness (QED) is 0.0491. The summed E-state index contributed by atoms with van der Waals surface area (Å²) in [7, 11) is 3.72. The molecule has 65 heavy (non-hydrogen) atoms. The Kier molecular flexibility index (Phi) is 14.0. The summed E-state index contributed by atoms with van der Waals surface area (Å²) in [4.78, 5) is 48.2. The van der Waals surface area contributed by atoms with Crippen LogP contribution in [0.4, 0.5) is 24.8 Å². The molecular formula is C46H45F3N10O4S2. The fourth-order valence-corrected chi connectivity index (χ4v) is 8.39. The third kappa shape index (κ3) is 10.4. The molecule has 14 nitrogen and oxygen atoms in total. The molecule has 2 aromatic carbocycles. The van der Waals surface area contributed by atoms with E-state index in [1.165, 1.54) is 34.2 Å². The van der Waals surface area contributed by atoms with Crippen molar-refractivity contribution in [3.05, 3.63) is 120 Å². The SMILES string of the molecule is CN1C(=S)C(CCCCC(=O)c2ncn(Cc3ccc(-c4cnc5c(c4)OCC(CCCCC(=O)c4ncn(Cc6c(F)cccc6F)n4)C(=S)N5C)cc3F)n2)COc2cccnc21. The average Bonchev–Trinajstić information content (AvgIpc) is 3.95. The summed E-state index contributed by atoms with van der Waals surface area (Å²) in [6.07, 6.45) is 10.6. The van der Waals surface area contributed by atoms with Crippen molar-refractivity contribution in [1.29, 1.82) is 0 Å². The zero-order chi connectivity index (χ0) is 45.6. The first-order chi connectivity index (χ1) is 31.4. The minimum absolute atomic E-state index is 0.0102. The van der Waals surface area contributed by atoms with Gasteiger partial charge in [-0.05, 0) is 67.6 Å². The number of benzene rings is 2. The van der Waals surface area contributed by atoms with E-state index in [2.05, 4.69) is 30.1 Å². The van der Waals surface area contributed by atoms with Gasteiger partial charge in [-0.1, -0.05) is 55.5 Å². The van der Waals surface area contributed by atoms with Gasteiger partial charge in [0.05, 0.1) is 36.3 Å². The Balaban J connectivity index is 0.795. The predicted molar refractivity (Wildman–Crippen MR) is 244 cm³/mol. The number of carbonyl (C=O) groups is 2. The van der Waals surface area contributed by atoms with Gasteiger partial charge in [-0.15, -0.1) is 10.2 Å². The summed E-state index contributed by atoms with van der Waals surface area (Å²) < 4.78 is 58.6. The highest BCUT2D eigenvalue weighted by Gasteiger charge is 2.29. The first-order valence-electron chi connectivity index (χ1n) is 21.3. The molecule has 2 aliphatic rings. The number of ketones is 2. The molecule has 4 aromatic heterocycles. The molecule has 2 unspecified atom stereocenters. The Morgan fingerprint density at radius 1 is 0.662 bits per heavy atom. The Morgan fingerprint density at radius 3 is 1.86 bits per heavy atom. The molecule has 2 atom stereocenters. The number of anilines is 2. The molecule has 6 heterocycles. The predicted octanol–water partition coefficient (Wildman–Crippen LogP) is 8.27. The molecule has 336 valence electrons. The van der Waals surface area contributed by atoms with Crippen molar-refractivity contribution >= 4 is 57.6 Å². The smallest absolute Gasteiger partial charge is 0.217 e. The van der Waals surface area contributed by atoms with Crippen LogP contribution in [0.1, 0.15) is 83.7 Å². The van der Waals surface area contributed by atoms with Crippen LogP contribution in [-0.2, 0) is 13.1 Å². The number of rotatable bonds is 17. The van der Waals surface area contributed by atoms with Gasteiger partial charge < -0.3 is 19.3 Å². The largest absolute Gasteiger partial charge is 0.489 e. The number of fused-ring (bicyclic) bond motifs is 2. The lowest BCUT2D eigenvalue weighted by Gasteiger charge is -2.22. The van der Waals surface area contributed by atoms with E-state index < -0.39 is 17.5 Å². The highest BCUT2D eigenvalue weighted by Crippen LogP contribution is 2.36. The summed E-state index contributed by atoms with van der Waals surface area (Å²) in [5.41, 5.74) is 1.46. The van der Waals surface area contributed by atoms with Crippen molar-refractivity contribution in [3.63, 3.8) is 0 Å². The number of aromatic nitrogens is 8. The number of halogens is 3. The van der Waals surface area contributed by atoms with E-state index in [1.807, 2.05) is 42.1 Å². The van der Waals surface area contributed by atoms with Gasteiger partial charge in [0.25, 0.3) is 0 Å². The van der Waals surface area contributed by atoms with E-state index in [9.17, 15) is 18.4 Å². The van der Waals surface area contributed by atoms with Gasteiger partial charge in [-0.3, -0.25) is 9.59 Å². The number of hydrogen-bond donors (Lipinski definition) is 0. The van der Waals surface area contributed by atoms with Crippen molar-refractivity contribution in [2.24, 2.45) is 11.8 Å². The first kappa shape index (κ1) is 45.1. The number of nitrogens with zero attached hydrogens (tertiary/aromatic N) is 10. The van der Waals surface area contributed by atoms with Crippen molar-refractivity contribution in [1.82, 2.24) is 39.5 Å². The van der Waals surface area contributed by atoms with Gasteiger partial charge >= 0.3 is 0 Å². The molecule has 0 fully saturated rings. The molecule has 8 rings (SSSR count). The molecule has 6 aromatic rings. The minimum atomic E-state index is -0.697. The second-order valence-electron chi connectivity index (χ2n) is 16.1. The minimum Gasteiger partial charge on any atom is -0.489 e. The van der Waals surface area contributed by atoms with Crippen LogP contribution in [0.3, 0.4) is 0 Å². The molecule has 0 saturated heterocycles. The van der Waals surface area contributed by atoms with Gasteiger partial charge in [0.2, 0.25) is 23.2 Å². The summed E-state index contributed by atoms with van der Waals surface area (Å²) in [5, 5.41) is 8.47. The number of carbonyl (C=O) groups excluding carboxylic acids is 2. The topological polar surface area (TPSA) is 146 Å². The number of pyridine rings is 2. The van der Waals surface area contributed by atoms with Crippen LogP contribution in [-0.4, -0.2) is 88.3 Å². The number of Topliss-reactive ketones (excluding diaryl/α,β-unsaturated/α-hetero) is 2. The van der Waals surface area contributed by atoms with Crippen LogP contribution >= 0.6 is 24.4 Å². The van der Waals surface area contributed by atoms with Crippen LogP contribution < -0.4 is 19.3 Å². The summed E-state index contributed by atoms with van der Waals surface area (Å²) >= 11 is 11.6. The maximum atomic E-state index is 15.6. The normalized spacial score (nSPS) is 16.0. The molecular weight excluding hydrogens is 878 g/mol. The maximum Gasteiger partial charge on any atom is 0.217 e. The highest BCUT2D eigenvalue weighted by atomic mass is 32.1. The monoisotopic (exact) mass is 922 g/mol. The molecule has 0 amide bonds. The maximum absolute atomic E-state index is 15.6. The standard InChI is InChI=1S/C46H45F3N10O4S2/c1-56-43-39(15-8-18-50-43)62-24-30(45(56)64)9-3-5-13-37(60)41-52-26-58(54-41)22-29-17-16-28(19-36(29)49)32-20-40-44(51-21-32)57(2)46(65)31(25-63-40)10-4-6-14-38(61)42-53-27-59(55-42)23-33-34(47)11-7-12-35(33)48/h7-8,11-12,15-21,26-27,30-31H,3-6,9-10,13-14,22-25H2,1-2H3. The van der Waals surface area contributed by atoms with Gasteiger partial charge in [-0.25, -0.2) is 42.5 Å². The third-order valence-electron chi connectivity index (χ3n) is 11.5. The Hall–Kier alpha value is -6.47. The molecule has 0 saturated carbocycles. The van der Waals surface area contributed by atoms with Crippen LogP contribution in [0, 0.1) is 29.3 Å². The Labute approximate surface area is 383 Å². The van der Waals surface area contributed by atoms with Gasteiger partial charge in [0.15, 0.2) is 23.1 Å². The zero-order valence-corrected chi connectivity index (χ0v) is 37.3. The second-order valence-corrected chi connectivity index (χ2v) is 16.9. The van der Waals surface area contributed by atoms with Crippen molar-refractivity contribution in [2.75, 3.05) is 37.1 Å². The van der Waals surface area contributed by atoms with Crippen LogP contribution in [0.25, 0.3) is 11.1 Å². The van der Waals surface area contributed by atoms with Crippen molar-refractivity contribution < 1.29 is 32.2 Å². The van der Waals surface area contributed by atoms with Crippen LogP contribution in [0.15, 0.2) is 79.6 Å². The van der Waals surface area contributed by atoms with Gasteiger partial charge in [-0.2, -0.15) is 0 Å². The molecule has 0 radical (unpaired) electrons. The molecule has 0 spiro atoms. The van der Waals surface area contributed by atoms with Gasteiger partial charge in [0, 0.05) is 67.9 Å². The van der Waals surface area contributed by atoms with Crippen LogP contribution in [0.2, 0.25) is 0 Å². The van der Waals surface area contributed by atoms with Crippen LogP contribution in [0.5, 0.6) is 11.5 Å². The third-order valence-corrected chi connectivity index (χ3v) is 12.8. The Bertz CT molecular complexity index is 2730. The van der Waals surface area contributed by atoms with E-state index in [1.54, 1.807) is 24.5 Å². The summed E-state index contributed by atoms with van der Waals surface area (Å²) in [6, 6.07) is 14.0. The Morgan fingerprint density at radius 2 is 1.25 bits per heavy atom. The molecule has 19 heteroatoms. The number of hydrogen-bond acceptors (Lipinski definition) is 12. The fourth-order valence-electron chi connectivity index (χ4n) is 7.84. The number of unbranched alkanes of at least 4 members (excludes halogenated alkanes) is 2. The second kappa shape index (κ2) is 20.1. The average molecular weight is 923 g/mol. The molecule has 0 N–H and O–H groups in total. The summed E-state index contributed by atoms with van der Waals surface area (Å²) in [6.45, 7) is 0.640. The lowest BCUT2D eigenvalue weighted by Crippen LogP contribution is -2.32. The number of ether oxygens (including phenoxy) is 2. The molecule has 0 bridgehead atoms. The van der Waals surface area contributed by atoms with Gasteiger partial charge in [0.1, 0.15) is 30.1 Å². The summed E-state index contributed by atoms with van der Waals surface area (Å²) in [5.74, 6) is 0.0983. The van der Waals surface area contributed by atoms with E-state index >= 15 is 4.39 Å². The fraction of sp³-hybridized carbons (Fsp3) is 0.348.